The molecule has 1 aromatic rings. The molecule has 5 N–H and O–H groups in total. The molecule has 0 spiro atoms. The molecular formula is C22H32F3N7O2. The van der Waals surface area contributed by atoms with Crippen molar-refractivity contribution in [3.63, 3.8) is 0 Å². The normalized spacial score (nSPS) is 16.2. The minimum absolute atomic E-state index is 0.0848. The van der Waals surface area contributed by atoms with Crippen molar-refractivity contribution in [1.82, 2.24) is 25.5 Å². The number of hydrogen-bond acceptors (Lipinski definition) is 7. The van der Waals surface area contributed by atoms with Crippen molar-refractivity contribution >= 4 is 23.3 Å². The van der Waals surface area contributed by atoms with Gasteiger partial charge in [-0.2, -0.15) is 13.2 Å². The van der Waals surface area contributed by atoms with Crippen LogP contribution in [0.2, 0.25) is 0 Å². The van der Waals surface area contributed by atoms with Gasteiger partial charge in [-0.3, -0.25) is 9.59 Å². The number of nitrogen functional groups attached to an aromatic ring is 1. The summed E-state index contributed by atoms with van der Waals surface area (Å²) < 4.78 is 38.5. The number of anilines is 1. The van der Waals surface area contributed by atoms with Crippen LogP contribution in [0.25, 0.3) is 0 Å². The predicted octanol–water partition coefficient (Wildman–Crippen LogP) is 2.20. The number of aryl methyl sites for hydroxylation is 1. The summed E-state index contributed by atoms with van der Waals surface area (Å²) in [5.41, 5.74) is 6.76. The van der Waals surface area contributed by atoms with Gasteiger partial charge in [0.15, 0.2) is 0 Å². The zero-order valence-corrected chi connectivity index (χ0v) is 19.8. The number of alkyl halides is 3. The van der Waals surface area contributed by atoms with E-state index >= 15 is 0 Å². The van der Waals surface area contributed by atoms with Gasteiger partial charge in [0.1, 0.15) is 11.9 Å². The smallest absolute Gasteiger partial charge is 0.393 e. The molecule has 2 amide bonds. The van der Waals surface area contributed by atoms with Gasteiger partial charge in [0.25, 0.3) is 5.91 Å². The van der Waals surface area contributed by atoms with Gasteiger partial charge < -0.3 is 26.7 Å². The number of piperidine rings is 1. The number of carbonyl (C=O) groups is 2. The number of amides is 2. The van der Waals surface area contributed by atoms with E-state index in [1.165, 1.54) is 20.0 Å². The van der Waals surface area contributed by atoms with Crippen molar-refractivity contribution in [2.45, 2.75) is 58.7 Å². The molecule has 1 saturated heterocycles. The van der Waals surface area contributed by atoms with E-state index in [2.05, 4.69) is 20.6 Å². The Hall–Kier alpha value is -3.18. The molecule has 1 fully saturated rings. The second-order valence-corrected chi connectivity index (χ2v) is 8.47. The number of nitrogens with zero attached hydrogens (tertiary/aromatic N) is 3. The fourth-order valence-electron chi connectivity index (χ4n) is 3.94. The Morgan fingerprint density at radius 2 is 1.91 bits per heavy atom. The van der Waals surface area contributed by atoms with Gasteiger partial charge in [-0.05, 0) is 52.4 Å². The predicted molar refractivity (Wildman–Crippen MR) is 122 cm³/mol. The first-order valence-electron chi connectivity index (χ1n) is 11.1. The van der Waals surface area contributed by atoms with Crippen molar-refractivity contribution in [3.8, 4) is 0 Å². The van der Waals surface area contributed by atoms with Gasteiger partial charge in [-0.25, -0.2) is 9.97 Å². The summed E-state index contributed by atoms with van der Waals surface area (Å²) in [5.74, 6) is -1.80. The van der Waals surface area contributed by atoms with E-state index in [1.807, 2.05) is 0 Å². The number of aromatic nitrogens is 2. The number of nitrogens with one attached hydrogen (secondary N) is 3. The highest BCUT2D eigenvalue weighted by Crippen LogP contribution is 2.30. The van der Waals surface area contributed by atoms with E-state index in [0.717, 1.165) is 12.8 Å². The van der Waals surface area contributed by atoms with Crippen LogP contribution in [0.15, 0.2) is 11.8 Å². The van der Waals surface area contributed by atoms with Crippen molar-refractivity contribution in [3.05, 3.63) is 28.9 Å². The maximum Gasteiger partial charge on any atom is 0.451 e. The summed E-state index contributed by atoms with van der Waals surface area (Å²) in [5, 5.41) is 13.0. The Morgan fingerprint density at radius 3 is 2.41 bits per heavy atom. The van der Waals surface area contributed by atoms with Crippen LogP contribution in [0, 0.1) is 18.3 Å². The van der Waals surface area contributed by atoms with Gasteiger partial charge in [-0.1, -0.05) is 0 Å². The van der Waals surface area contributed by atoms with Crippen molar-refractivity contribution in [2.75, 3.05) is 25.9 Å². The maximum absolute atomic E-state index is 12.8. The van der Waals surface area contributed by atoms with Gasteiger partial charge >= 0.3 is 6.18 Å². The molecule has 34 heavy (non-hydrogen) atoms. The quantitative estimate of drug-likeness (QED) is 0.331. The lowest BCUT2D eigenvalue weighted by Crippen LogP contribution is -2.50. The summed E-state index contributed by atoms with van der Waals surface area (Å²) in [6.45, 7) is 5.64. The second-order valence-electron chi connectivity index (χ2n) is 8.47. The third-order valence-electron chi connectivity index (χ3n) is 5.88. The van der Waals surface area contributed by atoms with E-state index in [-0.39, 0.29) is 34.6 Å². The molecule has 0 radical (unpaired) electrons. The van der Waals surface area contributed by atoms with Crippen LogP contribution in [0.4, 0.5) is 19.0 Å². The highest BCUT2D eigenvalue weighted by molar-refractivity contribution is 6.20. The highest BCUT2D eigenvalue weighted by Gasteiger charge is 2.36. The summed E-state index contributed by atoms with van der Waals surface area (Å²) >= 11 is 0. The molecule has 188 valence electrons. The Morgan fingerprint density at radius 1 is 1.29 bits per heavy atom. The first-order chi connectivity index (χ1) is 15.8. The molecule has 2 rings (SSSR count). The van der Waals surface area contributed by atoms with Gasteiger partial charge in [0.05, 0.1) is 5.57 Å². The molecule has 0 aliphatic carbocycles. The number of hydrogen-bond donors (Lipinski definition) is 4. The standard InChI is InChI=1S/C22H32F3N7O2/c1-12(26)17(11-28-4)19(33)29-14(3)20(34)32-9-7-15(8-10-32)5-6-16-13(2)30-21(22(23,24)25)31-18(16)27/h11,14-15,26,28H,5-10H2,1-4H3,(H,29,33)(H2,27,30,31)/b17-11+,26-12?/t14-/m0/s1. The summed E-state index contributed by atoms with van der Waals surface area (Å²) in [6.07, 6.45) is -0.600. The van der Waals surface area contributed by atoms with E-state index in [4.69, 9.17) is 11.1 Å². The molecule has 0 aromatic carbocycles. The summed E-state index contributed by atoms with van der Waals surface area (Å²) in [7, 11) is 1.62. The van der Waals surface area contributed by atoms with E-state index in [1.54, 1.807) is 18.9 Å². The third-order valence-corrected chi connectivity index (χ3v) is 5.88. The summed E-state index contributed by atoms with van der Waals surface area (Å²) in [6, 6.07) is -0.740. The van der Waals surface area contributed by atoms with Gasteiger partial charge in [0, 0.05) is 43.3 Å². The largest absolute Gasteiger partial charge is 0.451 e. The van der Waals surface area contributed by atoms with Gasteiger partial charge in [0.2, 0.25) is 11.7 Å². The average Bonchev–Trinajstić information content (AvgIpc) is 2.75. The molecule has 0 bridgehead atoms. The Bertz CT molecular complexity index is 931. The molecule has 1 aliphatic heterocycles. The molecule has 9 nitrogen and oxygen atoms in total. The molecule has 1 atom stereocenters. The maximum atomic E-state index is 12.8. The Labute approximate surface area is 196 Å². The minimum Gasteiger partial charge on any atom is -0.393 e. The van der Waals surface area contributed by atoms with Crippen molar-refractivity contribution in [1.29, 1.82) is 5.41 Å². The Kier molecular flexibility index (Phi) is 9.00. The van der Waals surface area contributed by atoms with Crippen LogP contribution in [-0.2, 0) is 22.2 Å². The number of halogens is 3. The first-order valence-corrected chi connectivity index (χ1v) is 11.1. The average molecular weight is 484 g/mol. The summed E-state index contributed by atoms with van der Waals surface area (Å²) in [4.78, 5) is 33.8. The van der Waals surface area contributed by atoms with Crippen LogP contribution in [0.3, 0.4) is 0 Å². The number of nitrogens with two attached hydrogens (primary N) is 1. The van der Waals surface area contributed by atoms with E-state index in [9.17, 15) is 22.8 Å². The van der Waals surface area contributed by atoms with Crippen LogP contribution in [0.5, 0.6) is 0 Å². The lowest BCUT2D eigenvalue weighted by Gasteiger charge is -2.34. The van der Waals surface area contributed by atoms with Gasteiger partial charge in [-0.15, -0.1) is 0 Å². The molecule has 2 heterocycles. The number of likely N-dealkylation sites (tertiary alicyclic amines) is 1. The van der Waals surface area contributed by atoms with Crippen molar-refractivity contribution in [2.24, 2.45) is 5.92 Å². The molecule has 0 unspecified atom stereocenters. The topological polar surface area (TPSA) is 137 Å². The molecular weight excluding hydrogens is 451 g/mol. The van der Waals surface area contributed by atoms with Crippen LogP contribution < -0.4 is 16.4 Å². The zero-order chi connectivity index (χ0) is 25.6. The number of carbonyl (C=O) groups excluding carboxylic acids is 2. The molecule has 1 aliphatic rings. The van der Waals surface area contributed by atoms with Crippen LogP contribution in [-0.4, -0.2) is 58.6 Å². The van der Waals surface area contributed by atoms with Crippen LogP contribution in [0.1, 0.15) is 50.2 Å². The van der Waals surface area contributed by atoms with E-state index < -0.39 is 23.9 Å². The minimum atomic E-state index is -4.64. The molecule has 0 saturated carbocycles. The second kappa shape index (κ2) is 11.3. The molecule has 12 heteroatoms. The monoisotopic (exact) mass is 483 g/mol. The fourth-order valence-corrected chi connectivity index (χ4v) is 3.94. The number of rotatable bonds is 8. The first kappa shape index (κ1) is 27.1. The van der Waals surface area contributed by atoms with Crippen molar-refractivity contribution < 1.29 is 22.8 Å². The lowest BCUT2D eigenvalue weighted by molar-refractivity contribution is -0.145. The van der Waals surface area contributed by atoms with E-state index in [0.29, 0.717) is 31.5 Å². The molecule has 1 aromatic heterocycles. The fraction of sp³-hybridized carbons (Fsp3) is 0.591. The third kappa shape index (κ3) is 6.91. The highest BCUT2D eigenvalue weighted by atomic mass is 19.4. The SMILES string of the molecule is CN/C=C(\C(C)=N)C(=O)N[C@@H](C)C(=O)N1CCC(CCc2c(C)nc(C(F)(F)F)nc2N)CC1. The lowest BCUT2D eigenvalue weighted by atomic mass is 9.90. The zero-order valence-electron chi connectivity index (χ0n) is 19.8. The Balaban J connectivity index is 1.89. The van der Waals surface area contributed by atoms with Crippen LogP contribution >= 0.6 is 0 Å².